The zero-order valence-corrected chi connectivity index (χ0v) is 11.4. The minimum absolute atomic E-state index is 0.185. The molecule has 0 atom stereocenters. The Kier molecular flexibility index (Phi) is 4.20. The number of para-hydroxylation sites is 1. The van der Waals surface area contributed by atoms with Crippen LogP contribution in [0.15, 0.2) is 42.6 Å². The molecule has 1 N–H and O–H groups in total. The predicted molar refractivity (Wildman–Crippen MR) is 76.3 cm³/mol. The van der Waals surface area contributed by atoms with Crippen LogP contribution in [0.5, 0.6) is 5.75 Å². The van der Waals surface area contributed by atoms with Gasteiger partial charge in [-0.25, -0.2) is 9.78 Å². The van der Waals surface area contributed by atoms with Crippen molar-refractivity contribution in [3.8, 4) is 5.75 Å². The highest BCUT2D eigenvalue weighted by molar-refractivity contribution is 5.93. The molecule has 0 amide bonds. The minimum atomic E-state index is -0.986. The van der Waals surface area contributed by atoms with Crippen LogP contribution in [0.2, 0.25) is 0 Å². The molecule has 0 aliphatic heterocycles. The molecule has 0 fully saturated rings. The summed E-state index contributed by atoms with van der Waals surface area (Å²) in [5.74, 6) is 0.220. The lowest BCUT2D eigenvalue weighted by atomic mass is 10.1. The van der Waals surface area contributed by atoms with E-state index in [0.717, 1.165) is 11.3 Å². The Morgan fingerprint density at radius 1 is 1.30 bits per heavy atom. The molecule has 5 heteroatoms. The van der Waals surface area contributed by atoms with Crippen LogP contribution in [-0.2, 0) is 6.54 Å². The van der Waals surface area contributed by atoms with E-state index < -0.39 is 5.97 Å². The van der Waals surface area contributed by atoms with Gasteiger partial charge in [0.05, 0.1) is 7.11 Å². The summed E-state index contributed by atoms with van der Waals surface area (Å²) in [6, 6.07) is 10.8. The molecule has 0 unspecified atom stereocenters. The van der Waals surface area contributed by atoms with E-state index in [9.17, 15) is 9.90 Å². The van der Waals surface area contributed by atoms with Crippen LogP contribution >= 0.6 is 0 Å². The second-order valence-corrected chi connectivity index (χ2v) is 4.35. The monoisotopic (exact) mass is 272 g/mol. The van der Waals surface area contributed by atoms with Crippen LogP contribution in [0.25, 0.3) is 0 Å². The Balaban J connectivity index is 2.29. The van der Waals surface area contributed by atoms with Crippen LogP contribution in [0.3, 0.4) is 0 Å². The maximum Gasteiger partial charge on any atom is 0.339 e. The molecule has 0 bridgehead atoms. The van der Waals surface area contributed by atoms with Crippen molar-refractivity contribution in [2.75, 3.05) is 19.1 Å². The molecule has 0 spiro atoms. The molecule has 2 rings (SSSR count). The fraction of sp³-hybridized carbons (Fsp3) is 0.200. The summed E-state index contributed by atoms with van der Waals surface area (Å²) in [6.07, 6.45) is 1.58. The van der Waals surface area contributed by atoms with E-state index in [0.29, 0.717) is 12.4 Å². The van der Waals surface area contributed by atoms with Crippen molar-refractivity contribution in [1.29, 1.82) is 0 Å². The predicted octanol–water partition coefficient (Wildman–Crippen LogP) is 2.42. The number of methoxy groups -OCH3 is 1. The SMILES string of the molecule is COc1ccccc1CN(C)c1ncccc1C(=O)O. The zero-order valence-electron chi connectivity index (χ0n) is 11.4. The maximum absolute atomic E-state index is 11.2. The molecule has 2 aromatic rings. The first-order valence-electron chi connectivity index (χ1n) is 6.15. The standard InChI is InChI=1S/C15H16N2O3/c1-17(10-11-6-3-4-8-13(11)20-2)14-12(15(18)19)7-5-9-16-14/h3-9H,10H2,1-2H3,(H,18,19). The number of carboxylic acids is 1. The molecule has 0 radical (unpaired) electrons. The number of rotatable bonds is 5. The Bertz CT molecular complexity index is 614. The molecule has 5 nitrogen and oxygen atoms in total. The summed E-state index contributed by atoms with van der Waals surface area (Å²) in [7, 11) is 3.42. The number of hydrogen-bond donors (Lipinski definition) is 1. The molecular weight excluding hydrogens is 256 g/mol. The third kappa shape index (κ3) is 2.88. The topological polar surface area (TPSA) is 62.7 Å². The van der Waals surface area contributed by atoms with Crippen LogP contribution in [0, 0.1) is 0 Å². The number of aromatic nitrogens is 1. The molecule has 0 aliphatic carbocycles. The third-order valence-corrected chi connectivity index (χ3v) is 2.98. The first-order valence-corrected chi connectivity index (χ1v) is 6.15. The molecular formula is C15H16N2O3. The second-order valence-electron chi connectivity index (χ2n) is 4.35. The summed E-state index contributed by atoms with van der Waals surface area (Å²) >= 11 is 0. The van der Waals surface area contributed by atoms with Gasteiger partial charge in [0.25, 0.3) is 0 Å². The summed E-state index contributed by atoms with van der Waals surface area (Å²) in [5, 5.41) is 9.19. The number of aromatic carboxylic acids is 1. The number of hydrogen-bond acceptors (Lipinski definition) is 4. The van der Waals surface area contributed by atoms with Gasteiger partial charge in [0, 0.05) is 25.4 Å². The largest absolute Gasteiger partial charge is 0.496 e. The van der Waals surface area contributed by atoms with E-state index >= 15 is 0 Å². The van der Waals surface area contributed by atoms with Crippen molar-refractivity contribution < 1.29 is 14.6 Å². The number of carboxylic acid groups (broad SMARTS) is 1. The highest BCUT2D eigenvalue weighted by Crippen LogP contribution is 2.23. The maximum atomic E-state index is 11.2. The van der Waals surface area contributed by atoms with Crippen molar-refractivity contribution >= 4 is 11.8 Å². The number of benzene rings is 1. The van der Waals surface area contributed by atoms with Crippen LogP contribution in [0.1, 0.15) is 15.9 Å². The lowest BCUT2D eigenvalue weighted by molar-refractivity contribution is 0.0697. The van der Waals surface area contributed by atoms with Gasteiger partial charge < -0.3 is 14.7 Å². The normalized spacial score (nSPS) is 10.1. The lowest BCUT2D eigenvalue weighted by Gasteiger charge is -2.21. The van der Waals surface area contributed by atoms with Crippen LogP contribution in [-0.4, -0.2) is 30.2 Å². The number of ether oxygens (including phenoxy) is 1. The molecule has 1 aromatic heterocycles. The van der Waals surface area contributed by atoms with Gasteiger partial charge in [-0.05, 0) is 18.2 Å². The fourth-order valence-electron chi connectivity index (χ4n) is 2.03. The molecule has 0 aliphatic rings. The average molecular weight is 272 g/mol. The van der Waals surface area contributed by atoms with Crippen molar-refractivity contribution in [2.45, 2.75) is 6.54 Å². The highest BCUT2D eigenvalue weighted by Gasteiger charge is 2.15. The van der Waals surface area contributed by atoms with Gasteiger partial charge in [0.15, 0.2) is 0 Å². The Morgan fingerprint density at radius 3 is 2.75 bits per heavy atom. The van der Waals surface area contributed by atoms with Crippen molar-refractivity contribution in [2.24, 2.45) is 0 Å². The molecule has 104 valence electrons. The van der Waals surface area contributed by atoms with E-state index in [-0.39, 0.29) is 5.56 Å². The van der Waals surface area contributed by atoms with Gasteiger partial charge in [-0.3, -0.25) is 0 Å². The average Bonchev–Trinajstić information content (AvgIpc) is 2.47. The Labute approximate surface area is 117 Å². The summed E-state index contributed by atoms with van der Waals surface area (Å²) in [4.78, 5) is 17.2. The van der Waals surface area contributed by atoms with Gasteiger partial charge in [0.1, 0.15) is 17.1 Å². The second kappa shape index (κ2) is 6.06. The van der Waals surface area contributed by atoms with E-state index in [1.807, 2.05) is 24.3 Å². The Hall–Kier alpha value is -2.56. The molecule has 1 aromatic carbocycles. The Morgan fingerprint density at radius 2 is 2.05 bits per heavy atom. The molecule has 1 heterocycles. The van der Waals surface area contributed by atoms with Crippen molar-refractivity contribution in [1.82, 2.24) is 4.98 Å². The number of carbonyl (C=O) groups is 1. The van der Waals surface area contributed by atoms with E-state index in [1.54, 1.807) is 37.4 Å². The van der Waals surface area contributed by atoms with Crippen molar-refractivity contribution in [3.63, 3.8) is 0 Å². The van der Waals surface area contributed by atoms with E-state index in [4.69, 9.17) is 4.74 Å². The molecule has 20 heavy (non-hydrogen) atoms. The summed E-state index contributed by atoms with van der Waals surface area (Å²) < 4.78 is 5.30. The van der Waals surface area contributed by atoms with Crippen LogP contribution in [0.4, 0.5) is 5.82 Å². The molecule has 0 saturated carbocycles. The van der Waals surface area contributed by atoms with Gasteiger partial charge in [-0.15, -0.1) is 0 Å². The summed E-state index contributed by atoms with van der Waals surface area (Å²) in [5.41, 5.74) is 1.16. The highest BCUT2D eigenvalue weighted by atomic mass is 16.5. The fourth-order valence-corrected chi connectivity index (χ4v) is 2.03. The summed E-state index contributed by atoms with van der Waals surface area (Å²) in [6.45, 7) is 0.515. The third-order valence-electron chi connectivity index (χ3n) is 2.98. The number of nitrogens with zero attached hydrogens (tertiary/aromatic N) is 2. The van der Waals surface area contributed by atoms with Gasteiger partial charge in [-0.2, -0.15) is 0 Å². The quantitative estimate of drug-likeness (QED) is 0.905. The van der Waals surface area contributed by atoms with Gasteiger partial charge in [-0.1, -0.05) is 18.2 Å². The first-order chi connectivity index (χ1) is 9.63. The molecule has 0 saturated heterocycles. The minimum Gasteiger partial charge on any atom is -0.496 e. The zero-order chi connectivity index (χ0) is 14.5. The first kappa shape index (κ1) is 13.9. The smallest absolute Gasteiger partial charge is 0.339 e. The van der Waals surface area contributed by atoms with E-state index in [2.05, 4.69) is 4.98 Å². The lowest BCUT2D eigenvalue weighted by Crippen LogP contribution is -2.21. The van der Waals surface area contributed by atoms with Gasteiger partial charge in [0.2, 0.25) is 0 Å². The van der Waals surface area contributed by atoms with Crippen molar-refractivity contribution in [3.05, 3.63) is 53.7 Å². The van der Waals surface area contributed by atoms with E-state index in [1.165, 1.54) is 0 Å². The number of anilines is 1. The number of pyridine rings is 1. The van der Waals surface area contributed by atoms with Gasteiger partial charge >= 0.3 is 5.97 Å². The van der Waals surface area contributed by atoms with Crippen LogP contribution < -0.4 is 9.64 Å².